The molecule has 0 saturated carbocycles. The fourth-order valence-electron chi connectivity index (χ4n) is 1.64. The van der Waals surface area contributed by atoms with E-state index in [1.807, 2.05) is 31.2 Å². The van der Waals surface area contributed by atoms with Gasteiger partial charge in [0.15, 0.2) is 0 Å². The summed E-state index contributed by atoms with van der Waals surface area (Å²) < 4.78 is 14.4. The van der Waals surface area contributed by atoms with Crippen LogP contribution in [-0.2, 0) is 6.54 Å². The Balaban J connectivity index is 2.14. The fourth-order valence-corrected chi connectivity index (χ4v) is 2.17. The van der Waals surface area contributed by atoms with E-state index in [0.717, 1.165) is 15.7 Å². The van der Waals surface area contributed by atoms with E-state index in [0.29, 0.717) is 17.1 Å². The predicted octanol–water partition coefficient (Wildman–Crippen LogP) is 5.16. The highest BCUT2D eigenvalue weighted by molar-refractivity contribution is 9.10. The first kappa shape index (κ1) is 13.4. The summed E-state index contributed by atoms with van der Waals surface area (Å²) in [4.78, 5) is 0. The van der Waals surface area contributed by atoms with E-state index in [4.69, 9.17) is 11.6 Å². The largest absolute Gasteiger partial charge is 0.380 e. The lowest BCUT2D eigenvalue weighted by atomic mass is 10.2. The highest BCUT2D eigenvalue weighted by atomic mass is 79.9. The lowest BCUT2D eigenvalue weighted by Gasteiger charge is -2.10. The smallest absolute Gasteiger partial charge is 0.129 e. The van der Waals surface area contributed by atoms with Crippen LogP contribution < -0.4 is 5.32 Å². The molecule has 0 saturated heterocycles. The second-order valence-corrected chi connectivity index (χ2v) is 5.32. The molecule has 0 atom stereocenters. The van der Waals surface area contributed by atoms with Crippen molar-refractivity contribution >= 4 is 33.2 Å². The molecule has 0 radical (unpaired) electrons. The van der Waals surface area contributed by atoms with Gasteiger partial charge in [-0.15, -0.1) is 0 Å². The second-order valence-electron chi connectivity index (χ2n) is 4.03. The van der Waals surface area contributed by atoms with Gasteiger partial charge in [0.1, 0.15) is 5.82 Å². The van der Waals surface area contributed by atoms with Crippen molar-refractivity contribution in [2.75, 3.05) is 5.32 Å². The van der Waals surface area contributed by atoms with Gasteiger partial charge >= 0.3 is 0 Å². The van der Waals surface area contributed by atoms with Crippen LogP contribution >= 0.6 is 27.5 Å². The van der Waals surface area contributed by atoms with Crippen molar-refractivity contribution in [3.8, 4) is 0 Å². The van der Waals surface area contributed by atoms with Gasteiger partial charge in [0.25, 0.3) is 0 Å². The van der Waals surface area contributed by atoms with Crippen molar-refractivity contribution in [2.24, 2.45) is 0 Å². The molecule has 1 N–H and O–H groups in total. The summed E-state index contributed by atoms with van der Waals surface area (Å²) in [6, 6.07) is 10.8. The van der Waals surface area contributed by atoms with E-state index in [1.165, 1.54) is 6.07 Å². The number of nitrogens with one attached hydrogen (secondary N) is 1. The first-order valence-electron chi connectivity index (χ1n) is 5.51. The van der Waals surface area contributed by atoms with Gasteiger partial charge in [-0.1, -0.05) is 45.7 Å². The molecule has 0 aromatic heterocycles. The first-order chi connectivity index (χ1) is 8.58. The van der Waals surface area contributed by atoms with Crippen molar-refractivity contribution in [1.29, 1.82) is 0 Å². The molecule has 2 aromatic carbocycles. The molecule has 0 bridgehead atoms. The molecule has 0 unspecified atom stereocenters. The van der Waals surface area contributed by atoms with Crippen LogP contribution in [0.2, 0.25) is 5.02 Å². The third-order valence-corrected chi connectivity index (χ3v) is 3.67. The average molecular weight is 329 g/mol. The standard InChI is InChI=1S/C14H12BrClFN/c1-9-3-2-4-13(14(9)16)18-8-10-5-6-11(15)7-12(10)17/h2-7,18H,8H2,1H3. The molecule has 0 aliphatic heterocycles. The highest BCUT2D eigenvalue weighted by Crippen LogP contribution is 2.26. The molecule has 1 nitrogen and oxygen atoms in total. The number of aryl methyl sites for hydroxylation is 1. The zero-order valence-electron chi connectivity index (χ0n) is 9.81. The van der Waals surface area contributed by atoms with Crippen LogP contribution in [0.1, 0.15) is 11.1 Å². The van der Waals surface area contributed by atoms with Gasteiger partial charge in [0.2, 0.25) is 0 Å². The van der Waals surface area contributed by atoms with Crippen molar-refractivity contribution in [1.82, 2.24) is 0 Å². The second kappa shape index (κ2) is 5.72. The molecule has 2 rings (SSSR count). The van der Waals surface area contributed by atoms with Gasteiger partial charge < -0.3 is 5.32 Å². The number of hydrogen-bond donors (Lipinski definition) is 1. The van der Waals surface area contributed by atoms with Crippen LogP contribution in [0.5, 0.6) is 0 Å². The Morgan fingerprint density at radius 1 is 1.28 bits per heavy atom. The number of anilines is 1. The number of hydrogen-bond acceptors (Lipinski definition) is 1. The van der Waals surface area contributed by atoms with Gasteiger partial charge in [-0.2, -0.15) is 0 Å². The number of benzene rings is 2. The topological polar surface area (TPSA) is 12.0 Å². The van der Waals surface area contributed by atoms with E-state index >= 15 is 0 Å². The molecule has 94 valence electrons. The summed E-state index contributed by atoms with van der Waals surface area (Å²) in [5.74, 6) is -0.236. The SMILES string of the molecule is Cc1cccc(NCc2ccc(Br)cc2F)c1Cl. The Morgan fingerprint density at radius 3 is 2.78 bits per heavy atom. The van der Waals surface area contributed by atoms with Crippen molar-refractivity contribution in [2.45, 2.75) is 13.5 Å². The van der Waals surface area contributed by atoms with E-state index in [1.54, 1.807) is 6.07 Å². The quantitative estimate of drug-likeness (QED) is 0.820. The molecular weight excluding hydrogens is 317 g/mol. The Hall–Kier alpha value is -1.06. The van der Waals surface area contributed by atoms with Crippen LogP contribution in [0.15, 0.2) is 40.9 Å². The number of halogens is 3. The van der Waals surface area contributed by atoms with E-state index in [-0.39, 0.29) is 5.82 Å². The third kappa shape index (κ3) is 3.03. The van der Waals surface area contributed by atoms with Gasteiger partial charge in [-0.3, -0.25) is 0 Å². The highest BCUT2D eigenvalue weighted by Gasteiger charge is 2.05. The monoisotopic (exact) mass is 327 g/mol. The van der Waals surface area contributed by atoms with E-state index in [9.17, 15) is 4.39 Å². The maximum absolute atomic E-state index is 13.6. The Labute approximate surface area is 119 Å². The van der Waals surface area contributed by atoms with Crippen molar-refractivity contribution in [3.63, 3.8) is 0 Å². The zero-order valence-corrected chi connectivity index (χ0v) is 12.1. The lowest BCUT2D eigenvalue weighted by Crippen LogP contribution is -2.02. The molecule has 0 fully saturated rings. The molecule has 0 aliphatic carbocycles. The minimum atomic E-state index is -0.236. The van der Waals surface area contributed by atoms with Gasteiger partial charge in [0.05, 0.1) is 10.7 Å². The molecular formula is C14H12BrClFN. The van der Waals surface area contributed by atoms with Crippen molar-refractivity contribution in [3.05, 3.63) is 62.8 Å². The van der Waals surface area contributed by atoms with E-state index < -0.39 is 0 Å². The normalized spacial score (nSPS) is 10.4. The minimum Gasteiger partial charge on any atom is -0.380 e. The van der Waals surface area contributed by atoms with Crippen molar-refractivity contribution < 1.29 is 4.39 Å². The lowest BCUT2D eigenvalue weighted by molar-refractivity contribution is 0.612. The maximum Gasteiger partial charge on any atom is 0.129 e. The fraction of sp³-hybridized carbons (Fsp3) is 0.143. The summed E-state index contributed by atoms with van der Waals surface area (Å²) in [6.45, 7) is 2.34. The Morgan fingerprint density at radius 2 is 2.06 bits per heavy atom. The van der Waals surface area contributed by atoms with Crippen LogP contribution in [0.25, 0.3) is 0 Å². The molecule has 4 heteroatoms. The molecule has 0 amide bonds. The molecule has 0 heterocycles. The minimum absolute atomic E-state index is 0.236. The first-order valence-corrected chi connectivity index (χ1v) is 6.68. The summed E-state index contributed by atoms with van der Waals surface area (Å²) >= 11 is 9.39. The summed E-state index contributed by atoms with van der Waals surface area (Å²) in [5.41, 5.74) is 2.42. The zero-order chi connectivity index (χ0) is 13.1. The van der Waals surface area contributed by atoms with E-state index in [2.05, 4.69) is 21.2 Å². The van der Waals surface area contributed by atoms with Gasteiger partial charge in [0, 0.05) is 16.6 Å². The maximum atomic E-state index is 13.6. The summed E-state index contributed by atoms with van der Waals surface area (Å²) in [6.07, 6.45) is 0. The number of rotatable bonds is 3. The van der Waals surface area contributed by atoms with Crippen LogP contribution in [0.4, 0.5) is 10.1 Å². The van der Waals surface area contributed by atoms with Crippen LogP contribution in [0, 0.1) is 12.7 Å². The van der Waals surface area contributed by atoms with Gasteiger partial charge in [-0.05, 0) is 30.7 Å². The average Bonchev–Trinajstić information content (AvgIpc) is 2.33. The molecule has 2 aromatic rings. The Bertz CT molecular complexity index is 572. The van der Waals surface area contributed by atoms with Crippen LogP contribution in [-0.4, -0.2) is 0 Å². The molecule has 0 aliphatic rings. The molecule has 18 heavy (non-hydrogen) atoms. The van der Waals surface area contributed by atoms with Gasteiger partial charge in [-0.25, -0.2) is 4.39 Å². The third-order valence-electron chi connectivity index (χ3n) is 2.68. The Kier molecular flexibility index (Phi) is 4.25. The summed E-state index contributed by atoms with van der Waals surface area (Å²) in [5, 5.41) is 3.82. The van der Waals surface area contributed by atoms with Crippen LogP contribution in [0.3, 0.4) is 0 Å². The summed E-state index contributed by atoms with van der Waals surface area (Å²) in [7, 11) is 0. The predicted molar refractivity (Wildman–Crippen MR) is 77.6 cm³/mol. The molecule has 0 spiro atoms.